The normalized spacial score (nSPS) is 10.9. The highest BCUT2D eigenvalue weighted by atomic mass is 32.1. The highest BCUT2D eigenvalue weighted by molar-refractivity contribution is 7.17. The van der Waals surface area contributed by atoms with Crippen molar-refractivity contribution >= 4 is 27.5 Å². The minimum absolute atomic E-state index is 0.219. The Balaban J connectivity index is 1.67. The summed E-state index contributed by atoms with van der Waals surface area (Å²) in [6, 6.07) is 9.53. The van der Waals surface area contributed by atoms with Crippen molar-refractivity contribution in [3.63, 3.8) is 0 Å². The molecule has 27 heavy (non-hydrogen) atoms. The van der Waals surface area contributed by atoms with Gasteiger partial charge in [-0.25, -0.2) is 9.78 Å². The van der Waals surface area contributed by atoms with Crippen LogP contribution in [-0.2, 0) is 11.3 Å². The van der Waals surface area contributed by atoms with Crippen LogP contribution >= 0.6 is 11.3 Å². The number of hydrogen-bond donors (Lipinski definition) is 0. The van der Waals surface area contributed by atoms with E-state index in [1.165, 1.54) is 22.2 Å². The highest BCUT2D eigenvalue weighted by Gasteiger charge is 2.18. The van der Waals surface area contributed by atoms with Gasteiger partial charge in [-0.1, -0.05) is 31.5 Å². The molecule has 0 amide bonds. The predicted molar refractivity (Wildman–Crippen MR) is 106 cm³/mol. The maximum Gasteiger partial charge on any atom is 0.339 e. The van der Waals surface area contributed by atoms with Gasteiger partial charge in [0.05, 0.1) is 30.5 Å². The summed E-state index contributed by atoms with van der Waals surface area (Å²) >= 11 is 1.28. The van der Waals surface area contributed by atoms with Crippen molar-refractivity contribution in [3.05, 3.63) is 58.0 Å². The number of esters is 1. The number of aromatic nitrogens is 2. The van der Waals surface area contributed by atoms with E-state index in [2.05, 4.69) is 4.98 Å². The molecule has 6 nitrogen and oxygen atoms in total. The first-order valence-corrected chi connectivity index (χ1v) is 9.90. The monoisotopic (exact) mass is 386 g/mol. The van der Waals surface area contributed by atoms with Crippen molar-refractivity contribution in [3.8, 4) is 5.75 Å². The minimum Gasteiger partial charge on any atom is -0.494 e. The van der Waals surface area contributed by atoms with Crippen molar-refractivity contribution in [2.45, 2.75) is 32.7 Å². The van der Waals surface area contributed by atoms with E-state index >= 15 is 0 Å². The Morgan fingerprint density at radius 2 is 2.00 bits per heavy atom. The van der Waals surface area contributed by atoms with Crippen LogP contribution in [0.5, 0.6) is 5.75 Å². The third kappa shape index (κ3) is 4.74. The van der Waals surface area contributed by atoms with Crippen molar-refractivity contribution in [1.82, 2.24) is 9.55 Å². The lowest BCUT2D eigenvalue weighted by Crippen LogP contribution is -2.22. The zero-order chi connectivity index (χ0) is 19.1. The summed E-state index contributed by atoms with van der Waals surface area (Å²) in [5.74, 6) is 0.340. The number of rotatable bonds is 9. The molecule has 0 fully saturated rings. The van der Waals surface area contributed by atoms with E-state index in [4.69, 9.17) is 9.47 Å². The maximum atomic E-state index is 12.8. The molecule has 0 bridgehead atoms. The quantitative estimate of drug-likeness (QED) is 0.412. The van der Waals surface area contributed by atoms with Gasteiger partial charge < -0.3 is 9.47 Å². The number of fused-ring (bicyclic) bond motifs is 1. The standard InChI is InChI=1S/C20H22N2O4S/c1-2-3-11-26-20(24)16-13-27-18-17(16)19(23)22(14-21-18)10-7-12-25-15-8-5-4-6-9-15/h4-6,8-9,13-14H,2-3,7,10-12H2,1H3. The summed E-state index contributed by atoms with van der Waals surface area (Å²) in [4.78, 5) is 29.9. The Kier molecular flexibility index (Phi) is 6.59. The van der Waals surface area contributed by atoms with Gasteiger partial charge >= 0.3 is 5.97 Å². The zero-order valence-corrected chi connectivity index (χ0v) is 16.0. The summed E-state index contributed by atoms with van der Waals surface area (Å²) in [5, 5.41) is 1.99. The molecule has 0 aliphatic heterocycles. The third-order valence-electron chi connectivity index (χ3n) is 4.07. The molecule has 0 N–H and O–H groups in total. The first-order valence-electron chi connectivity index (χ1n) is 9.02. The second kappa shape index (κ2) is 9.32. The minimum atomic E-state index is -0.459. The number of benzene rings is 1. The summed E-state index contributed by atoms with van der Waals surface area (Å²) in [5.41, 5.74) is 0.0851. The zero-order valence-electron chi connectivity index (χ0n) is 15.2. The fourth-order valence-corrected chi connectivity index (χ4v) is 3.47. The van der Waals surface area contributed by atoms with E-state index in [0.29, 0.717) is 42.0 Å². The number of thiophene rings is 1. The smallest absolute Gasteiger partial charge is 0.339 e. The third-order valence-corrected chi connectivity index (χ3v) is 4.95. The molecule has 1 aromatic carbocycles. The Labute approximate surface area is 161 Å². The largest absolute Gasteiger partial charge is 0.494 e. The second-order valence-corrected chi connectivity index (χ2v) is 6.94. The average Bonchev–Trinajstić information content (AvgIpc) is 3.13. The molecule has 0 atom stereocenters. The van der Waals surface area contributed by atoms with Gasteiger partial charge in [0.15, 0.2) is 0 Å². The maximum absolute atomic E-state index is 12.8. The van der Waals surface area contributed by atoms with E-state index < -0.39 is 5.97 Å². The molecular formula is C20H22N2O4S. The van der Waals surface area contributed by atoms with Crippen LogP contribution in [0.15, 0.2) is 46.8 Å². The first-order chi connectivity index (χ1) is 13.2. The Morgan fingerprint density at radius 1 is 1.19 bits per heavy atom. The van der Waals surface area contributed by atoms with Crippen molar-refractivity contribution in [2.75, 3.05) is 13.2 Å². The van der Waals surface area contributed by atoms with Crippen LogP contribution in [-0.4, -0.2) is 28.7 Å². The molecule has 7 heteroatoms. The molecule has 0 unspecified atom stereocenters. The molecule has 0 aliphatic rings. The van der Waals surface area contributed by atoms with Gasteiger partial charge in [-0.3, -0.25) is 9.36 Å². The van der Waals surface area contributed by atoms with E-state index in [9.17, 15) is 9.59 Å². The fourth-order valence-electron chi connectivity index (χ4n) is 2.61. The second-order valence-electron chi connectivity index (χ2n) is 6.08. The highest BCUT2D eigenvalue weighted by Crippen LogP contribution is 2.21. The number of carbonyl (C=O) groups excluding carboxylic acids is 1. The van der Waals surface area contributed by atoms with Crippen LogP contribution in [0.25, 0.3) is 10.2 Å². The van der Waals surface area contributed by atoms with Crippen LogP contribution in [0.1, 0.15) is 36.5 Å². The molecule has 2 aromatic heterocycles. The first kappa shape index (κ1) is 19.1. The van der Waals surface area contributed by atoms with Gasteiger partial charge in [0.25, 0.3) is 5.56 Å². The van der Waals surface area contributed by atoms with Gasteiger partial charge in [0.2, 0.25) is 0 Å². The van der Waals surface area contributed by atoms with Gasteiger partial charge in [-0.2, -0.15) is 0 Å². The van der Waals surface area contributed by atoms with E-state index in [0.717, 1.165) is 18.6 Å². The van der Waals surface area contributed by atoms with E-state index in [1.54, 1.807) is 5.38 Å². The molecule has 3 aromatic rings. The van der Waals surface area contributed by atoms with Gasteiger partial charge in [-0.05, 0) is 25.0 Å². The summed E-state index contributed by atoms with van der Waals surface area (Å²) in [6.45, 7) is 3.34. The lowest BCUT2D eigenvalue weighted by molar-refractivity contribution is 0.0502. The molecule has 0 aliphatic carbocycles. The summed E-state index contributed by atoms with van der Waals surface area (Å²) < 4.78 is 12.4. The number of aryl methyl sites for hydroxylation is 1. The van der Waals surface area contributed by atoms with Crippen LogP contribution in [0.3, 0.4) is 0 Å². The lowest BCUT2D eigenvalue weighted by Gasteiger charge is -2.08. The molecule has 0 spiro atoms. The summed E-state index contributed by atoms with van der Waals surface area (Å²) in [6.07, 6.45) is 3.92. The summed E-state index contributed by atoms with van der Waals surface area (Å²) in [7, 11) is 0. The lowest BCUT2D eigenvalue weighted by atomic mass is 10.2. The van der Waals surface area contributed by atoms with Crippen molar-refractivity contribution in [1.29, 1.82) is 0 Å². The van der Waals surface area contributed by atoms with Crippen molar-refractivity contribution < 1.29 is 14.3 Å². The SMILES string of the molecule is CCCCOC(=O)c1csc2ncn(CCCOc3ccccc3)c(=O)c12. The molecule has 2 heterocycles. The van der Waals surface area contributed by atoms with Gasteiger partial charge in [0, 0.05) is 11.9 Å². The molecule has 3 rings (SSSR count). The number of nitrogens with zero attached hydrogens (tertiary/aromatic N) is 2. The number of unbranched alkanes of at least 4 members (excludes halogenated alkanes) is 1. The average molecular weight is 386 g/mol. The van der Waals surface area contributed by atoms with E-state index in [1.807, 2.05) is 37.3 Å². The Morgan fingerprint density at radius 3 is 2.78 bits per heavy atom. The number of carbonyl (C=O) groups is 1. The van der Waals surface area contributed by atoms with Gasteiger partial charge in [0.1, 0.15) is 10.6 Å². The van der Waals surface area contributed by atoms with E-state index in [-0.39, 0.29) is 5.56 Å². The molecule has 0 saturated carbocycles. The molecular weight excluding hydrogens is 364 g/mol. The van der Waals surface area contributed by atoms with Crippen LogP contribution < -0.4 is 10.3 Å². The molecule has 0 radical (unpaired) electrons. The van der Waals surface area contributed by atoms with Crippen molar-refractivity contribution in [2.24, 2.45) is 0 Å². The van der Waals surface area contributed by atoms with Gasteiger partial charge in [-0.15, -0.1) is 11.3 Å². The number of hydrogen-bond acceptors (Lipinski definition) is 6. The molecule has 142 valence electrons. The van der Waals surface area contributed by atoms with Crippen LogP contribution in [0.2, 0.25) is 0 Å². The Bertz CT molecular complexity index is 950. The fraction of sp³-hybridized carbons (Fsp3) is 0.350. The topological polar surface area (TPSA) is 70.4 Å². The predicted octanol–water partition coefficient (Wildman–Crippen LogP) is 3.88. The molecule has 0 saturated heterocycles. The van der Waals surface area contributed by atoms with Crippen LogP contribution in [0, 0.1) is 0 Å². The number of para-hydroxylation sites is 1. The van der Waals surface area contributed by atoms with Crippen LogP contribution in [0.4, 0.5) is 0 Å². The number of ether oxygens (including phenoxy) is 2. The Hall–Kier alpha value is -2.67.